The molecule has 30 heavy (non-hydrogen) atoms. The van der Waals surface area contributed by atoms with Gasteiger partial charge in [-0.15, -0.1) is 0 Å². The summed E-state index contributed by atoms with van der Waals surface area (Å²) in [4.78, 5) is 26.2. The summed E-state index contributed by atoms with van der Waals surface area (Å²) < 4.78 is 0. The van der Waals surface area contributed by atoms with Crippen molar-refractivity contribution in [3.05, 3.63) is 87.9 Å². The van der Waals surface area contributed by atoms with Gasteiger partial charge in [0.25, 0.3) is 5.91 Å². The third kappa shape index (κ3) is 3.87. The topological polar surface area (TPSA) is 49.4 Å². The van der Waals surface area contributed by atoms with Crippen molar-refractivity contribution in [2.75, 3.05) is 11.9 Å². The van der Waals surface area contributed by atoms with E-state index >= 15 is 0 Å². The summed E-state index contributed by atoms with van der Waals surface area (Å²) >= 11 is 6.17. The molecule has 3 aromatic carbocycles. The second-order valence-corrected chi connectivity index (χ2v) is 7.65. The van der Waals surface area contributed by atoms with Gasteiger partial charge in [-0.1, -0.05) is 48.0 Å². The molecule has 4 rings (SSSR count). The Morgan fingerprint density at radius 2 is 1.70 bits per heavy atom. The number of benzene rings is 3. The Labute approximate surface area is 180 Å². The Kier molecular flexibility index (Phi) is 5.42. The summed E-state index contributed by atoms with van der Waals surface area (Å²) in [6.45, 7) is 2.02. The molecular weight excluding hydrogens is 396 g/mol. The molecule has 4 nitrogen and oxygen atoms in total. The van der Waals surface area contributed by atoms with E-state index in [1.807, 2.05) is 54.6 Å². The number of anilines is 1. The second kappa shape index (κ2) is 8.17. The fraction of sp³-hybridized carbons (Fsp3) is 0.120. The Hall–Kier alpha value is -3.37. The molecule has 0 unspecified atom stereocenters. The third-order valence-corrected chi connectivity index (χ3v) is 5.49. The zero-order valence-corrected chi connectivity index (χ0v) is 17.5. The number of carbonyl (C=O) groups is 2. The Morgan fingerprint density at radius 3 is 2.47 bits per heavy atom. The lowest BCUT2D eigenvalue weighted by atomic mass is 9.95. The minimum Gasteiger partial charge on any atom is -0.355 e. The van der Waals surface area contributed by atoms with Crippen LogP contribution in [-0.4, -0.2) is 18.9 Å². The molecule has 1 heterocycles. The van der Waals surface area contributed by atoms with E-state index in [0.29, 0.717) is 17.1 Å². The van der Waals surface area contributed by atoms with E-state index in [9.17, 15) is 9.59 Å². The molecule has 0 saturated heterocycles. The quantitative estimate of drug-likeness (QED) is 0.607. The summed E-state index contributed by atoms with van der Waals surface area (Å²) in [6.07, 6.45) is 4.04. The lowest BCUT2D eigenvalue weighted by Gasteiger charge is -2.26. The van der Waals surface area contributed by atoms with Crippen molar-refractivity contribution in [1.29, 1.82) is 0 Å². The van der Waals surface area contributed by atoms with Crippen molar-refractivity contribution in [2.45, 2.75) is 13.5 Å². The Morgan fingerprint density at radius 1 is 0.933 bits per heavy atom. The van der Waals surface area contributed by atoms with Gasteiger partial charge in [-0.2, -0.15) is 0 Å². The normalized spacial score (nSPS) is 13.5. The van der Waals surface area contributed by atoms with Crippen LogP contribution in [0.2, 0.25) is 5.02 Å². The smallest absolute Gasteiger partial charge is 0.251 e. The van der Waals surface area contributed by atoms with Gasteiger partial charge < -0.3 is 10.2 Å². The fourth-order valence-electron chi connectivity index (χ4n) is 3.69. The minimum atomic E-state index is -0.121. The Balaban J connectivity index is 1.80. The molecule has 3 aromatic rings. The van der Waals surface area contributed by atoms with Gasteiger partial charge in [0.1, 0.15) is 0 Å². The summed E-state index contributed by atoms with van der Waals surface area (Å²) in [5, 5.41) is 3.29. The zero-order chi connectivity index (χ0) is 21.3. The molecule has 0 aromatic heterocycles. The molecule has 0 aliphatic carbocycles. The van der Waals surface area contributed by atoms with Gasteiger partial charge in [0.15, 0.2) is 0 Å². The highest BCUT2D eigenvalue weighted by molar-refractivity contribution is 6.30. The van der Waals surface area contributed by atoms with Gasteiger partial charge in [0.2, 0.25) is 5.91 Å². The first-order valence-corrected chi connectivity index (χ1v) is 10.1. The fourth-order valence-corrected chi connectivity index (χ4v) is 3.87. The van der Waals surface area contributed by atoms with Crippen molar-refractivity contribution in [2.24, 2.45) is 0 Å². The SMILES string of the molecule is CNC(=O)c1cccc(-c2ccc3c(c2)CN(C(C)=O)c2ccc(Cl)cc2/C=C\3)c1. The number of amides is 2. The number of rotatable bonds is 2. The number of hydrogen-bond donors (Lipinski definition) is 1. The molecule has 150 valence electrons. The number of nitrogens with one attached hydrogen (secondary N) is 1. The van der Waals surface area contributed by atoms with Crippen molar-refractivity contribution < 1.29 is 9.59 Å². The van der Waals surface area contributed by atoms with E-state index in [4.69, 9.17) is 11.6 Å². The van der Waals surface area contributed by atoms with E-state index in [0.717, 1.165) is 33.5 Å². The van der Waals surface area contributed by atoms with E-state index in [1.54, 1.807) is 31.0 Å². The maximum absolute atomic E-state index is 12.5. The van der Waals surface area contributed by atoms with Crippen LogP contribution in [0.5, 0.6) is 0 Å². The molecule has 0 radical (unpaired) electrons. The van der Waals surface area contributed by atoms with E-state index < -0.39 is 0 Å². The summed E-state index contributed by atoms with van der Waals surface area (Å²) in [5.74, 6) is -0.157. The molecule has 1 aliphatic rings. The third-order valence-electron chi connectivity index (χ3n) is 5.26. The number of fused-ring (bicyclic) bond motifs is 2. The molecule has 0 spiro atoms. The van der Waals surface area contributed by atoms with Crippen LogP contribution in [0.4, 0.5) is 5.69 Å². The minimum absolute atomic E-state index is 0.0353. The van der Waals surface area contributed by atoms with E-state index in [1.165, 1.54) is 0 Å². The molecule has 0 fully saturated rings. The highest BCUT2D eigenvalue weighted by Gasteiger charge is 2.19. The lowest BCUT2D eigenvalue weighted by Crippen LogP contribution is -2.29. The van der Waals surface area contributed by atoms with Gasteiger partial charge in [0, 0.05) is 24.6 Å². The van der Waals surface area contributed by atoms with Gasteiger partial charge in [-0.3, -0.25) is 9.59 Å². The van der Waals surface area contributed by atoms with Crippen molar-refractivity contribution in [3.63, 3.8) is 0 Å². The van der Waals surface area contributed by atoms with E-state index in [-0.39, 0.29) is 11.8 Å². The van der Waals surface area contributed by atoms with Crippen LogP contribution >= 0.6 is 11.6 Å². The maximum atomic E-state index is 12.5. The van der Waals surface area contributed by atoms with Gasteiger partial charge in [-0.05, 0) is 64.2 Å². The first-order chi connectivity index (χ1) is 14.5. The van der Waals surface area contributed by atoms with Crippen molar-refractivity contribution in [1.82, 2.24) is 5.32 Å². The molecule has 1 N–H and O–H groups in total. The Bertz CT molecular complexity index is 1180. The first kappa shape index (κ1) is 19.9. The van der Waals surface area contributed by atoms with Crippen LogP contribution in [0.3, 0.4) is 0 Å². The highest BCUT2D eigenvalue weighted by Crippen LogP contribution is 2.33. The van der Waals surface area contributed by atoms with Crippen molar-refractivity contribution >= 4 is 41.3 Å². The molecule has 0 bridgehead atoms. The van der Waals surface area contributed by atoms with Crippen molar-refractivity contribution in [3.8, 4) is 11.1 Å². The monoisotopic (exact) mass is 416 g/mol. The number of hydrogen-bond acceptors (Lipinski definition) is 2. The molecule has 0 saturated carbocycles. The summed E-state index contributed by atoms with van der Waals surface area (Å²) in [5.41, 5.74) is 6.37. The van der Waals surface area contributed by atoms with Crippen LogP contribution in [0.1, 0.15) is 34.0 Å². The molecule has 0 atom stereocenters. The molecule has 5 heteroatoms. The predicted octanol–water partition coefficient (Wildman–Crippen LogP) is 5.40. The number of halogens is 1. The number of nitrogens with zero attached hydrogens (tertiary/aromatic N) is 1. The first-order valence-electron chi connectivity index (χ1n) is 9.67. The maximum Gasteiger partial charge on any atom is 0.251 e. The van der Waals surface area contributed by atoms with Gasteiger partial charge >= 0.3 is 0 Å². The van der Waals surface area contributed by atoms with Crippen LogP contribution in [0.15, 0.2) is 60.7 Å². The van der Waals surface area contributed by atoms with Gasteiger partial charge in [0.05, 0.1) is 12.2 Å². The zero-order valence-electron chi connectivity index (χ0n) is 16.8. The average molecular weight is 417 g/mol. The number of carbonyl (C=O) groups excluding carboxylic acids is 2. The summed E-state index contributed by atoms with van der Waals surface area (Å²) in [6, 6.07) is 19.2. The second-order valence-electron chi connectivity index (χ2n) is 7.22. The molecule has 2 amide bonds. The largest absolute Gasteiger partial charge is 0.355 e. The lowest BCUT2D eigenvalue weighted by molar-refractivity contribution is -0.116. The predicted molar refractivity (Wildman–Crippen MR) is 123 cm³/mol. The molecular formula is C25H21ClN2O2. The van der Waals surface area contributed by atoms with Gasteiger partial charge in [-0.25, -0.2) is 0 Å². The van der Waals surface area contributed by atoms with E-state index in [2.05, 4.69) is 11.4 Å². The van der Waals surface area contributed by atoms with Crippen LogP contribution in [-0.2, 0) is 11.3 Å². The average Bonchev–Trinajstić information content (AvgIpc) is 2.74. The van der Waals surface area contributed by atoms with Crippen LogP contribution < -0.4 is 10.2 Å². The van der Waals surface area contributed by atoms with Crippen LogP contribution in [0, 0.1) is 0 Å². The highest BCUT2D eigenvalue weighted by atomic mass is 35.5. The van der Waals surface area contributed by atoms with Crippen LogP contribution in [0.25, 0.3) is 23.3 Å². The summed E-state index contributed by atoms with van der Waals surface area (Å²) in [7, 11) is 1.62. The standard InChI is InChI=1S/C25H21ClN2O2/c1-16(29)28-15-22-13-19(18-4-3-5-21(12-18)25(30)27-2)8-6-17(22)7-9-20-14-23(26)10-11-24(20)28/h3-14H,15H2,1-2H3,(H,27,30)/b9-7-. The molecule has 1 aliphatic heterocycles.